The molecule has 1 aliphatic rings. The van der Waals surface area contributed by atoms with Gasteiger partial charge in [0.25, 0.3) is 0 Å². The smallest absolute Gasteiger partial charge is 0.132 e. The summed E-state index contributed by atoms with van der Waals surface area (Å²) in [4.78, 5) is 0. The minimum atomic E-state index is -1.19. The molecule has 2 unspecified atom stereocenters. The first-order valence-corrected chi connectivity index (χ1v) is 6.21. The molecule has 1 saturated heterocycles. The van der Waals surface area contributed by atoms with Gasteiger partial charge < -0.3 is 5.32 Å². The monoisotopic (exact) mass is 239 g/mol. The Morgan fingerprint density at radius 2 is 2.12 bits per heavy atom. The fourth-order valence-electron chi connectivity index (χ4n) is 2.64. The van der Waals surface area contributed by atoms with E-state index in [9.17, 15) is 8.78 Å². The first-order valence-electron chi connectivity index (χ1n) is 6.21. The van der Waals surface area contributed by atoms with Crippen molar-refractivity contribution < 1.29 is 8.78 Å². The van der Waals surface area contributed by atoms with Gasteiger partial charge >= 0.3 is 0 Å². The molecular formula is C14H19F2N. The van der Waals surface area contributed by atoms with Crippen LogP contribution in [0, 0.1) is 25.6 Å². The summed E-state index contributed by atoms with van der Waals surface area (Å²) < 4.78 is 28.3. The van der Waals surface area contributed by atoms with E-state index in [1.165, 1.54) is 6.07 Å². The van der Waals surface area contributed by atoms with Crippen molar-refractivity contribution in [1.29, 1.82) is 0 Å². The van der Waals surface area contributed by atoms with Crippen LogP contribution in [-0.4, -0.2) is 13.1 Å². The van der Waals surface area contributed by atoms with Crippen LogP contribution < -0.4 is 5.32 Å². The molecule has 0 bridgehead atoms. The molecule has 1 heterocycles. The summed E-state index contributed by atoms with van der Waals surface area (Å²) in [5.74, 6) is -0.500. The largest absolute Gasteiger partial charge is 0.316 e. The quantitative estimate of drug-likeness (QED) is 0.833. The van der Waals surface area contributed by atoms with E-state index in [4.69, 9.17) is 0 Å². The van der Waals surface area contributed by atoms with Gasteiger partial charge in [0.15, 0.2) is 0 Å². The lowest BCUT2D eigenvalue weighted by Crippen LogP contribution is -2.32. The first kappa shape index (κ1) is 12.5. The van der Waals surface area contributed by atoms with Gasteiger partial charge in [0.1, 0.15) is 12.0 Å². The van der Waals surface area contributed by atoms with Gasteiger partial charge in [-0.25, -0.2) is 8.78 Å². The van der Waals surface area contributed by atoms with Crippen LogP contribution >= 0.6 is 0 Å². The fraction of sp³-hybridized carbons (Fsp3) is 0.571. The summed E-state index contributed by atoms with van der Waals surface area (Å²) in [7, 11) is 0. The third-order valence-electron chi connectivity index (χ3n) is 3.51. The summed E-state index contributed by atoms with van der Waals surface area (Å²) in [5.41, 5.74) is 1.82. The zero-order chi connectivity index (χ0) is 12.4. The van der Waals surface area contributed by atoms with Crippen molar-refractivity contribution >= 4 is 0 Å². The highest BCUT2D eigenvalue weighted by Crippen LogP contribution is 2.34. The second-order valence-electron chi connectivity index (χ2n) is 4.99. The number of alkyl halides is 1. The van der Waals surface area contributed by atoms with Crippen molar-refractivity contribution in [3.8, 4) is 0 Å². The van der Waals surface area contributed by atoms with Crippen LogP contribution in [0.1, 0.15) is 35.7 Å². The Morgan fingerprint density at radius 3 is 2.71 bits per heavy atom. The maximum absolute atomic E-state index is 14.4. The number of rotatable bonds is 2. The van der Waals surface area contributed by atoms with Gasteiger partial charge in [0.05, 0.1) is 0 Å². The average Bonchev–Trinajstić information content (AvgIpc) is 2.28. The van der Waals surface area contributed by atoms with E-state index < -0.39 is 12.0 Å². The van der Waals surface area contributed by atoms with Gasteiger partial charge in [-0.05, 0) is 50.4 Å². The zero-order valence-corrected chi connectivity index (χ0v) is 10.4. The SMILES string of the molecule is Cc1cc(C)c(C(F)C2CCCNC2)c(F)c1. The minimum Gasteiger partial charge on any atom is -0.316 e. The molecule has 0 spiro atoms. The molecule has 94 valence electrons. The molecule has 0 aliphatic carbocycles. The molecule has 0 radical (unpaired) electrons. The lowest BCUT2D eigenvalue weighted by molar-refractivity contribution is 0.189. The van der Waals surface area contributed by atoms with Crippen molar-refractivity contribution in [2.24, 2.45) is 5.92 Å². The molecular weight excluding hydrogens is 220 g/mol. The summed E-state index contributed by atoms with van der Waals surface area (Å²) in [6, 6.07) is 3.27. The average molecular weight is 239 g/mol. The molecule has 3 heteroatoms. The van der Waals surface area contributed by atoms with Crippen molar-refractivity contribution in [2.45, 2.75) is 32.9 Å². The lowest BCUT2D eigenvalue weighted by atomic mass is 9.88. The predicted octanol–water partition coefficient (Wildman–Crippen LogP) is 3.45. The normalized spacial score (nSPS) is 22.5. The van der Waals surface area contributed by atoms with E-state index in [0.29, 0.717) is 6.54 Å². The Hall–Kier alpha value is -0.960. The Kier molecular flexibility index (Phi) is 3.77. The van der Waals surface area contributed by atoms with Gasteiger partial charge in [-0.1, -0.05) is 6.07 Å². The topological polar surface area (TPSA) is 12.0 Å². The fourth-order valence-corrected chi connectivity index (χ4v) is 2.64. The van der Waals surface area contributed by atoms with Crippen LogP contribution in [0.15, 0.2) is 12.1 Å². The van der Waals surface area contributed by atoms with Crippen LogP contribution in [-0.2, 0) is 0 Å². The molecule has 1 aromatic rings. The van der Waals surface area contributed by atoms with Crippen molar-refractivity contribution in [2.75, 3.05) is 13.1 Å². The second kappa shape index (κ2) is 5.13. The molecule has 2 rings (SSSR count). The van der Waals surface area contributed by atoms with E-state index in [1.807, 2.05) is 13.0 Å². The van der Waals surface area contributed by atoms with Crippen molar-refractivity contribution in [1.82, 2.24) is 5.32 Å². The second-order valence-corrected chi connectivity index (χ2v) is 4.99. The summed E-state index contributed by atoms with van der Waals surface area (Å²) in [6.07, 6.45) is 0.613. The van der Waals surface area contributed by atoms with E-state index >= 15 is 0 Å². The predicted molar refractivity (Wildman–Crippen MR) is 65.3 cm³/mol. The third-order valence-corrected chi connectivity index (χ3v) is 3.51. The molecule has 1 nitrogen and oxygen atoms in total. The Bertz CT molecular complexity index is 374. The Morgan fingerprint density at radius 1 is 1.35 bits per heavy atom. The molecule has 0 saturated carbocycles. The van der Waals surface area contributed by atoms with Gasteiger partial charge in [-0.15, -0.1) is 0 Å². The van der Waals surface area contributed by atoms with Crippen molar-refractivity contribution in [3.63, 3.8) is 0 Å². The van der Waals surface area contributed by atoms with Gasteiger partial charge in [0.2, 0.25) is 0 Å². The summed E-state index contributed by atoms with van der Waals surface area (Å²) >= 11 is 0. The summed E-state index contributed by atoms with van der Waals surface area (Å²) in [5, 5.41) is 3.17. The molecule has 1 aliphatic heterocycles. The van der Waals surface area contributed by atoms with Crippen LogP contribution in [0.2, 0.25) is 0 Å². The molecule has 0 aromatic heterocycles. The number of halogens is 2. The number of aryl methyl sites for hydroxylation is 2. The highest BCUT2D eigenvalue weighted by atomic mass is 19.1. The Balaban J connectivity index is 2.26. The van der Waals surface area contributed by atoms with E-state index in [0.717, 1.165) is 30.5 Å². The van der Waals surface area contributed by atoms with Crippen LogP contribution in [0.3, 0.4) is 0 Å². The van der Waals surface area contributed by atoms with Crippen molar-refractivity contribution in [3.05, 3.63) is 34.6 Å². The minimum absolute atomic E-state index is 0.0975. The number of hydrogen-bond donors (Lipinski definition) is 1. The standard InChI is InChI=1S/C14H19F2N/c1-9-6-10(2)13(12(15)7-9)14(16)11-4-3-5-17-8-11/h6-7,11,14,17H,3-5,8H2,1-2H3. The molecule has 17 heavy (non-hydrogen) atoms. The van der Waals surface area contributed by atoms with Gasteiger partial charge in [0, 0.05) is 18.0 Å². The third kappa shape index (κ3) is 2.65. The Labute approximate surface area is 101 Å². The maximum Gasteiger partial charge on any atom is 0.132 e. The zero-order valence-electron chi connectivity index (χ0n) is 10.4. The highest BCUT2D eigenvalue weighted by molar-refractivity contribution is 5.34. The van der Waals surface area contributed by atoms with Gasteiger partial charge in [-0.2, -0.15) is 0 Å². The molecule has 0 amide bonds. The van der Waals surface area contributed by atoms with E-state index in [2.05, 4.69) is 5.32 Å². The molecule has 1 aromatic carbocycles. The summed E-state index contributed by atoms with van der Waals surface area (Å²) in [6.45, 7) is 5.20. The molecule has 1 fully saturated rings. The number of piperidine rings is 1. The van der Waals surface area contributed by atoms with Crippen LogP contribution in [0.5, 0.6) is 0 Å². The number of hydrogen-bond acceptors (Lipinski definition) is 1. The van der Waals surface area contributed by atoms with Crippen LogP contribution in [0.4, 0.5) is 8.78 Å². The molecule has 2 atom stereocenters. The highest BCUT2D eigenvalue weighted by Gasteiger charge is 2.28. The first-order chi connectivity index (χ1) is 8.09. The number of nitrogens with one attached hydrogen (secondary N) is 1. The lowest BCUT2D eigenvalue weighted by Gasteiger charge is -2.27. The number of benzene rings is 1. The van der Waals surface area contributed by atoms with E-state index in [1.54, 1.807) is 6.92 Å². The van der Waals surface area contributed by atoms with Gasteiger partial charge in [-0.3, -0.25) is 0 Å². The molecule has 1 N–H and O–H groups in total. The van der Waals surface area contributed by atoms with E-state index in [-0.39, 0.29) is 11.5 Å². The van der Waals surface area contributed by atoms with Crippen LogP contribution in [0.25, 0.3) is 0 Å². The maximum atomic E-state index is 14.4.